The average molecular weight is 348 g/mol. The average Bonchev–Trinajstić information content (AvgIpc) is 2.94. The van der Waals surface area contributed by atoms with E-state index >= 15 is 0 Å². The van der Waals surface area contributed by atoms with E-state index < -0.39 is 31.4 Å². The Labute approximate surface area is 132 Å². The number of rotatable bonds is 8. The number of aromatic amines is 1. The molecule has 1 fully saturated rings. The number of H-pyrrole nitrogens is 1. The molecular weight excluding hydrogens is 327 g/mol. The second-order valence-electron chi connectivity index (χ2n) is 5.26. The van der Waals surface area contributed by atoms with Gasteiger partial charge in [0.15, 0.2) is 0 Å². The third-order valence-electron chi connectivity index (χ3n) is 3.42. The summed E-state index contributed by atoms with van der Waals surface area (Å²) >= 11 is 0. The molecule has 9 nitrogen and oxygen atoms in total. The zero-order valence-corrected chi connectivity index (χ0v) is 13.7. The van der Waals surface area contributed by atoms with Crippen molar-refractivity contribution in [3.8, 4) is 0 Å². The molecule has 0 bridgehead atoms. The van der Waals surface area contributed by atoms with E-state index in [4.69, 9.17) is 13.8 Å². The Hall–Kier alpha value is -1.25. The second-order valence-corrected chi connectivity index (χ2v) is 6.71. The quantitative estimate of drug-likeness (QED) is 0.534. The molecule has 23 heavy (non-hydrogen) atoms. The van der Waals surface area contributed by atoms with Crippen LogP contribution in [0.5, 0.6) is 0 Å². The van der Waals surface area contributed by atoms with Gasteiger partial charge in [0.1, 0.15) is 6.23 Å². The van der Waals surface area contributed by atoms with Crippen LogP contribution >= 0.6 is 7.82 Å². The first-order valence-corrected chi connectivity index (χ1v) is 8.99. The van der Waals surface area contributed by atoms with E-state index in [-0.39, 0.29) is 13.2 Å². The van der Waals surface area contributed by atoms with Crippen molar-refractivity contribution in [2.45, 2.75) is 44.9 Å². The van der Waals surface area contributed by atoms with E-state index in [1.807, 2.05) is 6.92 Å². The fraction of sp³-hybridized carbons (Fsp3) is 0.692. The van der Waals surface area contributed by atoms with Crippen LogP contribution in [0.3, 0.4) is 0 Å². The van der Waals surface area contributed by atoms with Crippen LogP contribution in [0.15, 0.2) is 21.9 Å². The molecule has 0 radical (unpaired) electrons. The molecule has 0 saturated carbocycles. The highest BCUT2D eigenvalue weighted by atomic mass is 31.2. The van der Waals surface area contributed by atoms with Gasteiger partial charge >= 0.3 is 13.5 Å². The Balaban J connectivity index is 1.85. The van der Waals surface area contributed by atoms with Crippen LogP contribution in [0.2, 0.25) is 0 Å². The van der Waals surface area contributed by atoms with E-state index in [1.165, 1.54) is 16.8 Å². The van der Waals surface area contributed by atoms with Crippen molar-refractivity contribution in [1.82, 2.24) is 9.55 Å². The van der Waals surface area contributed by atoms with Crippen LogP contribution in [0, 0.1) is 0 Å². The molecule has 0 spiro atoms. The van der Waals surface area contributed by atoms with E-state index in [0.717, 1.165) is 6.42 Å². The topological polar surface area (TPSA) is 120 Å². The van der Waals surface area contributed by atoms with Crippen molar-refractivity contribution in [2.75, 3.05) is 13.2 Å². The molecule has 2 N–H and O–H groups in total. The lowest BCUT2D eigenvalue weighted by atomic mass is 10.2. The molecule has 1 aliphatic rings. The SMILES string of the molecule is CCCCOP(=O)(O)OC[C@@H]1CC[C@H](n2ccc(=O)[nH]c2=O)O1. The lowest BCUT2D eigenvalue weighted by Gasteiger charge is -2.17. The second kappa shape index (κ2) is 8.03. The number of phosphoric acid groups is 1. The van der Waals surface area contributed by atoms with E-state index in [1.54, 1.807) is 0 Å². The van der Waals surface area contributed by atoms with Crippen molar-refractivity contribution in [3.63, 3.8) is 0 Å². The molecule has 1 saturated heterocycles. The number of unbranched alkanes of at least 4 members (excludes halogenated alkanes) is 1. The van der Waals surface area contributed by atoms with Gasteiger partial charge < -0.3 is 9.63 Å². The summed E-state index contributed by atoms with van der Waals surface area (Å²) in [5, 5.41) is 0. The Morgan fingerprint density at radius 2 is 2.22 bits per heavy atom. The molecule has 3 atom stereocenters. The first-order chi connectivity index (χ1) is 10.9. The Kier molecular flexibility index (Phi) is 6.32. The standard InChI is InChI=1S/C13H21N2O7P/c1-2-3-8-20-23(18,19)21-9-10-4-5-12(22-10)15-7-6-11(16)14-13(15)17/h6-7,10,12H,2-5,8-9H2,1H3,(H,18,19)(H,14,16,17)/t10-,12+/m0/s1. The molecule has 0 aromatic carbocycles. The maximum Gasteiger partial charge on any atom is 0.472 e. The van der Waals surface area contributed by atoms with Gasteiger partial charge in [0, 0.05) is 12.3 Å². The number of phosphoric ester groups is 1. The van der Waals surface area contributed by atoms with Crippen LogP contribution < -0.4 is 11.2 Å². The van der Waals surface area contributed by atoms with Crippen LogP contribution in [-0.4, -0.2) is 33.8 Å². The molecule has 0 aliphatic carbocycles. The van der Waals surface area contributed by atoms with E-state index in [2.05, 4.69) is 4.98 Å². The predicted molar refractivity (Wildman–Crippen MR) is 81.1 cm³/mol. The zero-order valence-electron chi connectivity index (χ0n) is 12.8. The first kappa shape index (κ1) is 18.1. The Morgan fingerprint density at radius 1 is 1.43 bits per heavy atom. The first-order valence-electron chi connectivity index (χ1n) is 7.50. The summed E-state index contributed by atoms with van der Waals surface area (Å²) in [7, 11) is -4.08. The molecule has 1 aromatic heterocycles. The lowest BCUT2D eigenvalue weighted by Crippen LogP contribution is -2.31. The molecule has 130 valence electrons. The monoisotopic (exact) mass is 348 g/mol. The lowest BCUT2D eigenvalue weighted by molar-refractivity contribution is -0.0260. The van der Waals surface area contributed by atoms with Crippen molar-refractivity contribution in [3.05, 3.63) is 33.1 Å². The molecular formula is C13H21N2O7P. The maximum absolute atomic E-state index is 11.7. The Bertz CT molecular complexity index is 671. The predicted octanol–water partition coefficient (Wildman–Crippen LogP) is 1.15. The fourth-order valence-electron chi connectivity index (χ4n) is 2.21. The summed E-state index contributed by atoms with van der Waals surface area (Å²) in [6, 6.07) is 1.23. The van der Waals surface area contributed by atoms with Crippen molar-refractivity contribution >= 4 is 7.82 Å². The van der Waals surface area contributed by atoms with E-state index in [9.17, 15) is 19.0 Å². The number of hydrogen-bond acceptors (Lipinski definition) is 6. The van der Waals surface area contributed by atoms with Crippen LogP contribution in [0.4, 0.5) is 0 Å². The largest absolute Gasteiger partial charge is 0.472 e. The van der Waals surface area contributed by atoms with Crippen LogP contribution in [0.1, 0.15) is 38.8 Å². The Morgan fingerprint density at radius 3 is 2.91 bits per heavy atom. The summed E-state index contributed by atoms with van der Waals surface area (Å²) in [6.45, 7) is 2.00. The van der Waals surface area contributed by atoms with Crippen molar-refractivity contribution in [1.29, 1.82) is 0 Å². The van der Waals surface area contributed by atoms with E-state index in [0.29, 0.717) is 19.3 Å². The maximum atomic E-state index is 11.7. The van der Waals surface area contributed by atoms with Gasteiger partial charge in [-0.3, -0.25) is 23.4 Å². The molecule has 1 aromatic rings. The number of nitrogens with zero attached hydrogens (tertiary/aromatic N) is 1. The van der Waals surface area contributed by atoms with Gasteiger partial charge in [-0.25, -0.2) is 9.36 Å². The van der Waals surface area contributed by atoms with Gasteiger partial charge in [-0.2, -0.15) is 0 Å². The van der Waals surface area contributed by atoms with Gasteiger partial charge in [-0.1, -0.05) is 13.3 Å². The molecule has 2 rings (SSSR count). The highest BCUT2D eigenvalue weighted by molar-refractivity contribution is 7.47. The van der Waals surface area contributed by atoms with Crippen LogP contribution in [-0.2, 0) is 18.3 Å². The summed E-state index contributed by atoms with van der Waals surface area (Å²) < 4.78 is 28.3. The summed E-state index contributed by atoms with van der Waals surface area (Å²) in [5.74, 6) is 0. The van der Waals surface area contributed by atoms with Gasteiger partial charge in [0.05, 0.1) is 19.3 Å². The number of ether oxygens (including phenoxy) is 1. The summed E-state index contributed by atoms with van der Waals surface area (Å²) in [5.41, 5.74) is -1.03. The number of hydrogen-bond donors (Lipinski definition) is 2. The van der Waals surface area contributed by atoms with Crippen molar-refractivity contribution < 1.29 is 23.2 Å². The van der Waals surface area contributed by atoms with Crippen LogP contribution in [0.25, 0.3) is 0 Å². The van der Waals surface area contributed by atoms with Gasteiger partial charge in [0.2, 0.25) is 0 Å². The smallest absolute Gasteiger partial charge is 0.352 e. The minimum atomic E-state index is -4.08. The fourth-order valence-corrected chi connectivity index (χ4v) is 3.00. The molecule has 1 aliphatic heterocycles. The highest BCUT2D eigenvalue weighted by Gasteiger charge is 2.30. The highest BCUT2D eigenvalue weighted by Crippen LogP contribution is 2.44. The third kappa shape index (κ3) is 5.40. The normalized spacial score (nSPS) is 23.7. The molecule has 10 heteroatoms. The molecule has 1 unspecified atom stereocenters. The van der Waals surface area contributed by atoms with Gasteiger partial charge in [0.25, 0.3) is 5.56 Å². The zero-order chi connectivity index (χ0) is 16.9. The third-order valence-corrected chi connectivity index (χ3v) is 4.41. The minimum absolute atomic E-state index is 0.103. The summed E-state index contributed by atoms with van der Waals surface area (Å²) in [4.78, 5) is 34.4. The summed E-state index contributed by atoms with van der Waals surface area (Å²) in [6.07, 6.45) is 3.02. The number of nitrogens with one attached hydrogen (secondary N) is 1. The molecule has 2 heterocycles. The van der Waals surface area contributed by atoms with Crippen molar-refractivity contribution in [2.24, 2.45) is 0 Å². The number of aromatic nitrogens is 2. The van der Waals surface area contributed by atoms with Gasteiger partial charge in [-0.15, -0.1) is 0 Å². The minimum Gasteiger partial charge on any atom is -0.352 e. The molecule has 0 amide bonds. The van der Waals surface area contributed by atoms with Gasteiger partial charge in [-0.05, 0) is 19.3 Å².